The van der Waals surface area contributed by atoms with Crippen LogP contribution in [-0.4, -0.2) is 31.9 Å². The van der Waals surface area contributed by atoms with Crippen molar-refractivity contribution >= 4 is 11.7 Å². The van der Waals surface area contributed by atoms with Gasteiger partial charge in [-0.25, -0.2) is 4.79 Å². The third kappa shape index (κ3) is 3.61. The van der Waals surface area contributed by atoms with Crippen molar-refractivity contribution in [1.29, 1.82) is 0 Å². The zero-order valence-electron chi connectivity index (χ0n) is 11.1. The Balaban J connectivity index is 2.16. The molecule has 5 heteroatoms. The summed E-state index contributed by atoms with van der Waals surface area (Å²) in [6.07, 6.45) is 1.84. The van der Waals surface area contributed by atoms with Crippen molar-refractivity contribution < 1.29 is 19.0 Å². The van der Waals surface area contributed by atoms with E-state index < -0.39 is 5.97 Å². The van der Waals surface area contributed by atoms with E-state index in [4.69, 9.17) is 19.9 Å². The summed E-state index contributed by atoms with van der Waals surface area (Å²) in [5.74, 6) is 0.0724. The maximum atomic E-state index is 11.8. The highest BCUT2D eigenvalue weighted by atomic mass is 16.5. The lowest BCUT2D eigenvalue weighted by molar-refractivity contribution is 0.00652. The van der Waals surface area contributed by atoms with Crippen molar-refractivity contribution in [3.05, 3.63) is 23.8 Å². The van der Waals surface area contributed by atoms with Gasteiger partial charge in [-0.2, -0.15) is 0 Å². The van der Waals surface area contributed by atoms with Crippen LogP contribution in [0.25, 0.3) is 0 Å². The first-order chi connectivity index (χ1) is 9.20. The molecule has 0 aromatic heterocycles. The third-order valence-corrected chi connectivity index (χ3v) is 2.91. The van der Waals surface area contributed by atoms with Gasteiger partial charge in [-0.1, -0.05) is 0 Å². The summed E-state index contributed by atoms with van der Waals surface area (Å²) in [5.41, 5.74) is 6.70. The van der Waals surface area contributed by atoms with Gasteiger partial charge < -0.3 is 19.9 Å². The molecule has 0 spiro atoms. The number of hydrogen-bond donors (Lipinski definition) is 1. The Kier molecular flexibility index (Phi) is 4.63. The first-order valence-corrected chi connectivity index (χ1v) is 6.51. The summed E-state index contributed by atoms with van der Waals surface area (Å²) in [4.78, 5) is 11.8. The predicted octanol–water partition coefficient (Wildman–Crippen LogP) is 2.00. The molecule has 2 N–H and O–H groups in total. The molecule has 5 nitrogen and oxygen atoms in total. The van der Waals surface area contributed by atoms with Gasteiger partial charge in [0.2, 0.25) is 0 Å². The van der Waals surface area contributed by atoms with Crippen LogP contribution in [0, 0.1) is 0 Å². The van der Waals surface area contributed by atoms with Crippen LogP contribution in [0.4, 0.5) is 5.69 Å². The molecular weight excluding hydrogens is 246 g/mol. The average Bonchev–Trinajstić information content (AvgIpc) is 2.40. The van der Waals surface area contributed by atoms with Crippen LogP contribution in [0.3, 0.4) is 0 Å². The predicted molar refractivity (Wildman–Crippen MR) is 71.3 cm³/mol. The third-order valence-electron chi connectivity index (χ3n) is 2.91. The number of hydrogen-bond acceptors (Lipinski definition) is 5. The zero-order valence-corrected chi connectivity index (χ0v) is 11.1. The SMILES string of the molecule is CCOC(=O)c1ccc(N)cc1OC1CCCOC1. The van der Waals surface area contributed by atoms with Crippen LogP contribution in [-0.2, 0) is 9.47 Å². The van der Waals surface area contributed by atoms with E-state index in [0.29, 0.717) is 30.2 Å². The Labute approximate surface area is 112 Å². The van der Waals surface area contributed by atoms with Gasteiger partial charge in [0.25, 0.3) is 0 Å². The number of nitrogens with two attached hydrogens (primary N) is 1. The zero-order chi connectivity index (χ0) is 13.7. The number of benzene rings is 1. The summed E-state index contributed by atoms with van der Waals surface area (Å²) in [7, 11) is 0. The number of rotatable bonds is 4. The minimum atomic E-state index is -0.394. The van der Waals surface area contributed by atoms with Crippen LogP contribution >= 0.6 is 0 Å². The van der Waals surface area contributed by atoms with Crippen LogP contribution in [0.1, 0.15) is 30.1 Å². The molecule has 0 aliphatic carbocycles. The summed E-state index contributed by atoms with van der Waals surface area (Å²) in [6.45, 7) is 3.40. The number of carbonyl (C=O) groups excluding carboxylic acids is 1. The molecule has 1 heterocycles. The number of ether oxygens (including phenoxy) is 3. The Hall–Kier alpha value is -1.75. The molecule has 104 valence electrons. The standard InChI is InChI=1S/C14H19NO4/c1-2-18-14(16)12-6-5-10(15)8-13(12)19-11-4-3-7-17-9-11/h5-6,8,11H,2-4,7,9,15H2,1H3. The van der Waals surface area contributed by atoms with Crippen molar-refractivity contribution in [3.8, 4) is 5.75 Å². The first kappa shape index (κ1) is 13.7. The number of nitrogen functional groups attached to an aromatic ring is 1. The maximum Gasteiger partial charge on any atom is 0.341 e. The number of esters is 1. The average molecular weight is 265 g/mol. The fourth-order valence-corrected chi connectivity index (χ4v) is 2.00. The monoisotopic (exact) mass is 265 g/mol. The van der Waals surface area contributed by atoms with E-state index >= 15 is 0 Å². The van der Waals surface area contributed by atoms with Gasteiger partial charge in [-0.3, -0.25) is 0 Å². The molecule has 1 aromatic carbocycles. The molecule has 0 amide bonds. The molecule has 1 atom stereocenters. The summed E-state index contributed by atoms with van der Waals surface area (Å²) >= 11 is 0. The van der Waals surface area contributed by atoms with Crippen molar-refractivity contribution in [2.75, 3.05) is 25.6 Å². The molecule has 19 heavy (non-hydrogen) atoms. The van der Waals surface area contributed by atoms with E-state index in [1.807, 2.05) is 0 Å². The Morgan fingerprint density at radius 3 is 3.05 bits per heavy atom. The second kappa shape index (κ2) is 6.43. The summed E-state index contributed by atoms with van der Waals surface area (Å²) in [6, 6.07) is 4.95. The van der Waals surface area contributed by atoms with Crippen molar-refractivity contribution in [2.45, 2.75) is 25.9 Å². The molecule has 1 unspecified atom stereocenters. The highest BCUT2D eigenvalue weighted by molar-refractivity contribution is 5.93. The van der Waals surface area contributed by atoms with Crippen LogP contribution in [0.5, 0.6) is 5.75 Å². The fourth-order valence-electron chi connectivity index (χ4n) is 2.00. The molecule has 1 aliphatic rings. The van der Waals surface area contributed by atoms with E-state index in [2.05, 4.69) is 0 Å². The Morgan fingerprint density at radius 1 is 1.53 bits per heavy atom. The first-order valence-electron chi connectivity index (χ1n) is 6.51. The quantitative estimate of drug-likeness (QED) is 0.666. The lowest BCUT2D eigenvalue weighted by Gasteiger charge is -2.24. The smallest absolute Gasteiger partial charge is 0.341 e. The van der Waals surface area contributed by atoms with E-state index in [1.165, 1.54) is 0 Å². The highest BCUT2D eigenvalue weighted by Gasteiger charge is 2.20. The number of anilines is 1. The summed E-state index contributed by atoms with van der Waals surface area (Å²) in [5, 5.41) is 0. The molecule has 0 radical (unpaired) electrons. The van der Waals surface area contributed by atoms with E-state index in [-0.39, 0.29) is 6.10 Å². The van der Waals surface area contributed by atoms with Crippen LogP contribution in [0.2, 0.25) is 0 Å². The van der Waals surface area contributed by atoms with Gasteiger partial charge in [0.1, 0.15) is 17.4 Å². The van der Waals surface area contributed by atoms with Crippen molar-refractivity contribution in [1.82, 2.24) is 0 Å². The van der Waals surface area contributed by atoms with E-state index in [9.17, 15) is 4.79 Å². The van der Waals surface area contributed by atoms with E-state index in [1.54, 1.807) is 25.1 Å². The molecule has 2 rings (SSSR count). The maximum absolute atomic E-state index is 11.8. The molecule has 1 saturated heterocycles. The lowest BCUT2D eigenvalue weighted by atomic mass is 10.1. The summed E-state index contributed by atoms with van der Waals surface area (Å²) < 4.78 is 16.2. The van der Waals surface area contributed by atoms with Gasteiger partial charge in [0.15, 0.2) is 0 Å². The fraction of sp³-hybridized carbons (Fsp3) is 0.500. The van der Waals surface area contributed by atoms with Gasteiger partial charge in [-0.15, -0.1) is 0 Å². The van der Waals surface area contributed by atoms with Gasteiger partial charge in [0, 0.05) is 18.4 Å². The highest BCUT2D eigenvalue weighted by Crippen LogP contribution is 2.25. The molecule has 1 aromatic rings. The van der Waals surface area contributed by atoms with Crippen LogP contribution < -0.4 is 10.5 Å². The van der Waals surface area contributed by atoms with Crippen molar-refractivity contribution in [3.63, 3.8) is 0 Å². The molecule has 0 bridgehead atoms. The second-order valence-electron chi connectivity index (χ2n) is 4.43. The van der Waals surface area contributed by atoms with Gasteiger partial charge >= 0.3 is 5.97 Å². The normalized spacial score (nSPS) is 18.9. The topological polar surface area (TPSA) is 70.8 Å². The lowest BCUT2D eigenvalue weighted by Crippen LogP contribution is -2.28. The number of carbonyl (C=O) groups is 1. The van der Waals surface area contributed by atoms with Crippen LogP contribution in [0.15, 0.2) is 18.2 Å². The Bertz CT molecular complexity index is 441. The molecular formula is C14H19NO4. The molecule has 1 aliphatic heterocycles. The minimum Gasteiger partial charge on any atom is -0.487 e. The molecule has 0 saturated carbocycles. The minimum absolute atomic E-state index is 0.0382. The van der Waals surface area contributed by atoms with Crippen molar-refractivity contribution in [2.24, 2.45) is 0 Å². The largest absolute Gasteiger partial charge is 0.487 e. The van der Waals surface area contributed by atoms with Gasteiger partial charge in [-0.05, 0) is 31.9 Å². The van der Waals surface area contributed by atoms with E-state index in [0.717, 1.165) is 19.4 Å². The molecule has 1 fully saturated rings. The second-order valence-corrected chi connectivity index (χ2v) is 4.43. The van der Waals surface area contributed by atoms with Gasteiger partial charge in [0.05, 0.1) is 13.2 Å². The Morgan fingerprint density at radius 2 is 2.37 bits per heavy atom.